The summed E-state index contributed by atoms with van der Waals surface area (Å²) in [6, 6.07) is 67.6. The minimum Gasteiger partial charge on any atom is -0.456 e. The third kappa shape index (κ3) is 5.02. The van der Waals surface area contributed by atoms with Gasteiger partial charge in [0.15, 0.2) is 0 Å². The van der Waals surface area contributed by atoms with E-state index in [9.17, 15) is 0 Å². The second kappa shape index (κ2) is 12.3. The highest BCUT2D eigenvalue weighted by Gasteiger charge is 2.39. The van der Waals surface area contributed by atoms with Gasteiger partial charge in [-0.2, -0.15) is 0 Å². The van der Waals surface area contributed by atoms with Gasteiger partial charge in [0, 0.05) is 27.7 Å². The van der Waals surface area contributed by atoms with Crippen molar-refractivity contribution in [3.05, 3.63) is 199 Å². The standard InChI is InChI=1S/C51H37NO/c1-51(2)42-22-13-12-21-41(42)48-43(51)33-46-50(47(48)38-19-10-5-11-20-38)49-44(23-14-24-45(49)53-46)52(39-29-25-36(26-30-39)34-15-6-3-7-16-34)40-31-27-37(28-32-40)35-17-8-4-9-18-35/h3-33H,1-2H3. The number of rotatable bonds is 6. The fourth-order valence-electron chi connectivity index (χ4n) is 8.50. The fourth-order valence-corrected chi connectivity index (χ4v) is 8.50. The maximum atomic E-state index is 6.92. The highest BCUT2D eigenvalue weighted by Crippen LogP contribution is 2.56. The monoisotopic (exact) mass is 679 g/mol. The summed E-state index contributed by atoms with van der Waals surface area (Å²) in [5, 5.41) is 2.24. The van der Waals surface area contributed by atoms with Crippen LogP contribution in [0.15, 0.2) is 192 Å². The number of hydrogen-bond donors (Lipinski definition) is 0. The van der Waals surface area contributed by atoms with Crippen LogP contribution in [-0.2, 0) is 5.41 Å². The van der Waals surface area contributed by atoms with E-state index in [0.717, 1.165) is 39.0 Å². The van der Waals surface area contributed by atoms with Crippen LogP contribution in [0.2, 0.25) is 0 Å². The smallest absolute Gasteiger partial charge is 0.137 e. The quantitative estimate of drug-likeness (QED) is 0.174. The molecule has 0 atom stereocenters. The molecule has 0 bridgehead atoms. The summed E-state index contributed by atoms with van der Waals surface area (Å²) >= 11 is 0. The molecule has 0 radical (unpaired) electrons. The van der Waals surface area contributed by atoms with Crippen LogP contribution in [0.3, 0.4) is 0 Å². The molecule has 10 rings (SSSR count). The van der Waals surface area contributed by atoms with Crippen LogP contribution in [0.1, 0.15) is 25.0 Å². The van der Waals surface area contributed by atoms with Crippen LogP contribution in [0.5, 0.6) is 0 Å². The Kier molecular flexibility index (Phi) is 7.19. The number of hydrogen-bond acceptors (Lipinski definition) is 2. The van der Waals surface area contributed by atoms with Crippen molar-refractivity contribution in [2.75, 3.05) is 4.90 Å². The van der Waals surface area contributed by atoms with Gasteiger partial charge in [-0.05, 0) is 92.5 Å². The molecule has 9 aromatic rings. The van der Waals surface area contributed by atoms with Crippen LogP contribution in [0, 0.1) is 0 Å². The van der Waals surface area contributed by atoms with Gasteiger partial charge in [0.25, 0.3) is 0 Å². The van der Waals surface area contributed by atoms with Gasteiger partial charge in [-0.25, -0.2) is 0 Å². The number of benzene rings is 8. The van der Waals surface area contributed by atoms with Crippen molar-refractivity contribution < 1.29 is 4.42 Å². The maximum Gasteiger partial charge on any atom is 0.137 e. The Bertz CT molecular complexity index is 2680. The summed E-state index contributed by atoms with van der Waals surface area (Å²) in [4.78, 5) is 2.39. The van der Waals surface area contributed by atoms with Crippen LogP contribution >= 0.6 is 0 Å². The van der Waals surface area contributed by atoms with Crippen molar-refractivity contribution in [1.82, 2.24) is 0 Å². The van der Waals surface area contributed by atoms with Gasteiger partial charge in [-0.3, -0.25) is 0 Å². The van der Waals surface area contributed by atoms with Crippen LogP contribution in [0.4, 0.5) is 17.1 Å². The molecule has 0 N–H and O–H groups in total. The van der Waals surface area contributed by atoms with Crippen molar-refractivity contribution >= 4 is 39.0 Å². The molecule has 0 saturated heterocycles. The first-order chi connectivity index (χ1) is 26.1. The lowest BCUT2D eigenvalue weighted by Gasteiger charge is -2.27. The number of furan rings is 1. The average Bonchev–Trinajstić information content (AvgIpc) is 3.71. The fraction of sp³-hybridized carbons (Fsp3) is 0.0588. The lowest BCUT2D eigenvalue weighted by molar-refractivity contribution is 0.647. The predicted molar refractivity (Wildman–Crippen MR) is 222 cm³/mol. The van der Waals surface area contributed by atoms with Gasteiger partial charge < -0.3 is 9.32 Å². The molecule has 2 heteroatoms. The average molecular weight is 680 g/mol. The number of anilines is 3. The van der Waals surface area contributed by atoms with Crippen molar-refractivity contribution in [3.8, 4) is 44.5 Å². The van der Waals surface area contributed by atoms with Crippen molar-refractivity contribution in [3.63, 3.8) is 0 Å². The molecule has 0 aliphatic heterocycles. The molecule has 0 saturated carbocycles. The highest BCUT2D eigenvalue weighted by atomic mass is 16.3. The molecule has 1 aliphatic rings. The Balaban J connectivity index is 1.26. The number of nitrogens with zero attached hydrogens (tertiary/aromatic N) is 1. The lowest BCUT2D eigenvalue weighted by Crippen LogP contribution is -2.14. The topological polar surface area (TPSA) is 16.4 Å². The second-order valence-corrected chi connectivity index (χ2v) is 14.5. The van der Waals surface area contributed by atoms with Gasteiger partial charge in [0.05, 0.1) is 11.1 Å². The molecular formula is C51H37NO. The van der Waals surface area contributed by atoms with Gasteiger partial charge in [-0.15, -0.1) is 0 Å². The molecule has 0 unspecified atom stereocenters. The first-order valence-electron chi connectivity index (χ1n) is 18.4. The molecule has 1 aromatic heterocycles. The summed E-state index contributed by atoms with van der Waals surface area (Å²) in [6.45, 7) is 4.68. The summed E-state index contributed by atoms with van der Waals surface area (Å²) < 4.78 is 6.92. The Labute approximate surface area is 310 Å². The molecule has 8 aromatic carbocycles. The Morgan fingerprint density at radius 3 is 1.49 bits per heavy atom. The SMILES string of the molecule is CC1(C)c2ccccc2-c2c1cc1oc3cccc(N(c4ccc(-c5ccccc5)cc4)c4ccc(-c5ccccc5)cc4)c3c1c2-c1ccccc1. The van der Waals surface area contributed by atoms with E-state index in [1.165, 1.54) is 55.6 Å². The van der Waals surface area contributed by atoms with E-state index in [4.69, 9.17) is 4.42 Å². The van der Waals surface area contributed by atoms with Crippen LogP contribution < -0.4 is 4.90 Å². The van der Waals surface area contributed by atoms with E-state index in [2.05, 4.69) is 207 Å². The van der Waals surface area contributed by atoms with Crippen molar-refractivity contribution in [1.29, 1.82) is 0 Å². The summed E-state index contributed by atoms with van der Waals surface area (Å²) in [5.41, 5.74) is 17.3. The lowest BCUT2D eigenvalue weighted by atomic mass is 9.81. The molecule has 252 valence electrons. The van der Waals surface area contributed by atoms with Gasteiger partial charge in [-0.1, -0.05) is 159 Å². The second-order valence-electron chi connectivity index (χ2n) is 14.5. The predicted octanol–water partition coefficient (Wildman–Crippen LogP) is 14.4. The zero-order valence-corrected chi connectivity index (χ0v) is 29.8. The number of fused-ring (bicyclic) bond motifs is 6. The van der Waals surface area contributed by atoms with Crippen molar-refractivity contribution in [2.24, 2.45) is 0 Å². The van der Waals surface area contributed by atoms with Gasteiger partial charge in [0.1, 0.15) is 11.2 Å². The molecular weight excluding hydrogens is 643 g/mol. The largest absolute Gasteiger partial charge is 0.456 e. The summed E-state index contributed by atoms with van der Waals surface area (Å²) in [5.74, 6) is 0. The molecule has 2 nitrogen and oxygen atoms in total. The minimum atomic E-state index is -0.168. The van der Waals surface area contributed by atoms with Crippen molar-refractivity contribution in [2.45, 2.75) is 19.3 Å². The van der Waals surface area contributed by atoms with E-state index in [1.54, 1.807) is 0 Å². The summed E-state index contributed by atoms with van der Waals surface area (Å²) in [6.07, 6.45) is 0. The van der Waals surface area contributed by atoms with E-state index >= 15 is 0 Å². The molecule has 0 fully saturated rings. The normalized spacial score (nSPS) is 12.9. The Morgan fingerprint density at radius 1 is 0.396 bits per heavy atom. The van der Waals surface area contributed by atoms with Crippen LogP contribution in [0.25, 0.3) is 66.4 Å². The minimum absolute atomic E-state index is 0.168. The molecule has 1 heterocycles. The van der Waals surface area contributed by atoms with E-state index in [0.29, 0.717) is 0 Å². The molecule has 1 aliphatic carbocycles. The Hall–Kier alpha value is -6.64. The molecule has 0 spiro atoms. The summed E-state index contributed by atoms with van der Waals surface area (Å²) in [7, 11) is 0. The zero-order valence-electron chi connectivity index (χ0n) is 29.8. The zero-order chi connectivity index (χ0) is 35.5. The van der Waals surface area contributed by atoms with Crippen LogP contribution in [-0.4, -0.2) is 0 Å². The van der Waals surface area contributed by atoms with E-state index in [1.807, 2.05) is 0 Å². The van der Waals surface area contributed by atoms with E-state index < -0.39 is 0 Å². The molecule has 0 amide bonds. The first-order valence-corrected chi connectivity index (χ1v) is 18.4. The third-order valence-corrected chi connectivity index (χ3v) is 11.1. The Morgan fingerprint density at radius 2 is 0.906 bits per heavy atom. The van der Waals surface area contributed by atoms with E-state index in [-0.39, 0.29) is 5.41 Å². The first kappa shape index (κ1) is 31.1. The maximum absolute atomic E-state index is 6.92. The third-order valence-electron chi connectivity index (χ3n) is 11.1. The van der Waals surface area contributed by atoms with Gasteiger partial charge >= 0.3 is 0 Å². The molecule has 53 heavy (non-hydrogen) atoms. The highest BCUT2D eigenvalue weighted by molar-refractivity contribution is 6.22. The van der Waals surface area contributed by atoms with Gasteiger partial charge in [0.2, 0.25) is 0 Å².